The zero-order chi connectivity index (χ0) is 15.3. The highest BCUT2D eigenvalue weighted by Crippen LogP contribution is 2.20. The van der Waals surface area contributed by atoms with Crippen LogP contribution >= 0.6 is 0 Å². The minimum Gasteiger partial charge on any atom is -0.497 e. The van der Waals surface area contributed by atoms with Crippen LogP contribution in [0.1, 0.15) is 43.5 Å². The topological polar surface area (TPSA) is 41.6 Å². The lowest BCUT2D eigenvalue weighted by molar-refractivity contribution is 0.0797. The number of hydrogen-bond donors (Lipinski definition) is 1. The van der Waals surface area contributed by atoms with Gasteiger partial charge in [-0.3, -0.25) is 9.69 Å². The molecule has 4 heteroatoms. The van der Waals surface area contributed by atoms with E-state index >= 15 is 0 Å². The Morgan fingerprint density at radius 3 is 2.67 bits per heavy atom. The standard InChI is InChI=1S/C17H26N2O2/c1-17(2,19-10-5-4-6-11-19)13-18-16(20)14-8-7-9-15(12-14)21-3/h7-9,12H,4-6,10-11,13H2,1-3H3,(H,18,20). The van der Waals surface area contributed by atoms with Crippen molar-refractivity contribution in [3.05, 3.63) is 29.8 Å². The third-order valence-electron chi connectivity index (χ3n) is 4.23. The van der Waals surface area contributed by atoms with E-state index in [0.29, 0.717) is 17.9 Å². The predicted octanol–water partition coefficient (Wildman–Crippen LogP) is 2.69. The highest BCUT2D eigenvalue weighted by Gasteiger charge is 2.28. The molecule has 0 aliphatic carbocycles. The number of ether oxygens (including phenoxy) is 1. The van der Waals surface area contributed by atoms with Crippen LogP contribution in [0.15, 0.2) is 24.3 Å². The van der Waals surface area contributed by atoms with Crippen molar-refractivity contribution in [1.82, 2.24) is 10.2 Å². The maximum Gasteiger partial charge on any atom is 0.251 e. The van der Waals surface area contributed by atoms with E-state index in [9.17, 15) is 4.79 Å². The zero-order valence-corrected chi connectivity index (χ0v) is 13.3. The quantitative estimate of drug-likeness (QED) is 0.906. The van der Waals surface area contributed by atoms with Gasteiger partial charge in [0.25, 0.3) is 5.91 Å². The first-order valence-electron chi connectivity index (χ1n) is 7.70. The first-order chi connectivity index (χ1) is 10.0. The highest BCUT2D eigenvalue weighted by molar-refractivity contribution is 5.94. The first kappa shape index (κ1) is 15.8. The van der Waals surface area contributed by atoms with Gasteiger partial charge in [0, 0.05) is 17.6 Å². The Morgan fingerprint density at radius 2 is 2.00 bits per heavy atom. The molecule has 1 aliphatic heterocycles. The number of likely N-dealkylation sites (tertiary alicyclic amines) is 1. The average molecular weight is 290 g/mol. The molecule has 0 saturated carbocycles. The Labute approximate surface area is 127 Å². The summed E-state index contributed by atoms with van der Waals surface area (Å²) in [7, 11) is 1.61. The van der Waals surface area contributed by atoms with Crippen molar-refractivity contribution in [2.24, 2.45) is 0 Å². The number of methoxy groups -OCH3 is 1. The van der Waals surface area contributed by atoms with E-state index in [0.717, 1.165) is 13.1 Å². The predicted molar refractivity (Wildman–Crippen MR) is 84.8 cm³/mol. The van der Waals surface area contributed by atoms with Crippen molar-refractivity contribution in [3.63, 3.8) is 0 Å². The van der Waals surface area contributed by atoms with Crippen molar-refractivity contribution < 1.29 is 9.53 Å². The minimum atomic E-state index is -0.0426. The summed E-state index contributed by atoms with van der Waals surface area (Å²) < 4.78 is 5.16. The number of carbonyl (C=O) groups is 1. The molecule has 116 valence electrons. The number of benzene rings is 1. The molecule has 0 aromatic heterocycles. The molecule has 1 N–H and O–H groups in total. The van der Waals surface area contributed by atoms with Gasteiger partial charge in [-0.1, -0.05) is 12.5 Å². The number of nitrogens with zero attached hydrogens (tertiary/aromatic N) is 1. The van der Waals surface area contributed by atoms with Gasteiger partial charge in [0.05, 0.1) is 7.11 Å². The van der Waals surface area contributed by atoms with Gasteiger partial charge in [0.1, 0.15) is 5.75 Å². The van der Waals surface area contributed by atoms with Crippen LogP contribution in [0.5, 0.6) is 5.75 Å². The fourth-order valence-corrected chi connectivity index (χ4v) is 2.77. The van der Waals surface area contributed by atoms with Crippen LogP contribution in [0.2, 0.25) is 0 Å². The van der Waals surface area contributed by atoms with Gasteiger partial charge in [-0.25, -0.2) is 0 Å². The molecule has 1 aliphatic rings. The highest BCUT2D eigenvalue weighted by atomic mass is 16.5. The zero-order valence-electron chi connectivity index (χ0n) is 13.3. The van der Waals surface area contributed by atoms with Crippen LogP contribution in [-0.4, -0.2) is 43.1 Å². The summed E-state index contributed by atoms with van der Waals surface area (Å²) in [6.45, 7) is 7.31. The van der Waals surface area contributed by atoms with Gasteiger partial charge in [0.2, 0.25) is 0 Å². The van der Waals surface area contributed by atoms with Gasteiger partial charge in [-0.05, 0) is 58.0 Å². The summed E-state index contributed by atoms with van der Waals surface area (Å²) >= 11 is 0. The van der Waals surface area contributed by atoms with E-state index in [1.165, 1.54) is 19.3 Å². The number of nitrogens with one attached hydrogen (secondary N) is 1. The van der Waals surface area contributed by atoms with Crippen LogP contribution in [0, 0.1) is 0 Å². The summed E-state index contributed by atoms with van der Waals surface area (Å²) in [6, 6.07) is 7.26. The summed E-state index contributed by atoms with van der Waals surface area (Å²) in [5.74, 6) is 0.664. The van der Waals surface area contributed by atoms with Crippen LogP contribution in [0.25, 0.3) is 0 Å². The molecular weight excluding hydrogens is 264 g/mol. The van der Waals surface area contributed by atoms with Crippen LogP contribution in [-0.2, 0) is 0 Å². The molecule has 21 heavy (non-hydrogen) atoms. The third kappa shape index (κ3) is 4.21. The Morgan fingerprint density at radius 1 is 1.29 bits per heavy atom. The van der Waals surface area contributed by atoms with Gasteiger partial charge in [0.15, 0.2) is 0 Å². The van der Waals surface area contributed by atoms with Crippen molar-refractivity contribution in [1.29, 1.82) is 0 Å². The molecule has 0 unspecified atom stereocenters. The molecular formula is C17H26N2O2. The van der Waals surface area contributed by atoms with Gasteiger partial charge < -0.3 is 10.1 Å². The molecule has 1 fully saturated rings. The van der Waals surface area contributed by atoms with E-state index in [1.54, 1.807) is 13.2 Å². The SMILES string of the molecule is COc1cccc(C(=O)NCC(C)(C)N2CCCCC2)c1. The maximum absolute atomic E-state index is 12.3. The van der Waals surface area contributed by atoms with Crippen LogP contribution < -0.4 is 10.1 Å². The van der Waals surface area contributed by atoms with Crippen molar-refractivity contribution in [3.8, 4) is 5.75 Å². The second kappa shape index (κ2) is 6.94. The molecule has 0 atom stereocenters. The maximum atomic E-state index is 12.3. The lowest BCUT2D eigenvalue weighted by Crippen LogP contribution is -2.53. The second-order valence-corrected chi connectivity index (χ2v) is 6.27. The Hall–Kier alpha value is -1.55. The minimum absolute atomic E-state index is 0.00501. The molecule has 0 spiro atoms. The average Bonchev–Trinajstić information content (AvgIpc) is 2.53. The van der Waals surface area contributed by atoms with Crippen LogP contribution in [0.4, 0.5) is 0 Å². The van der Waals surface area contributed by atoms with E-state index in [-0.39, 0.29) is 11.4 Å². The van der Waals surface area contributed by atoms with E-state index in [2.05, 4.69) is 24.1 Å². The first-order valence-corrected chi connectivity index (χ1v) is 7.70. The number of carbonyl (C=O) groups excluding carboxylic acids is 1. The normalized spacial score (nSPS) is 16.5. The van der Waals surface area contributed by atoms with Gasteiger partial charge >= 0.3 is 0 Å². The van der Waals surface area contributed by atoms with E-state index in [4.69, 9.17) is 4.74 Å². The summed E-state index contributed by atoms with van der Waals surface area (Å²) in [5.41, 5.74) is 0.637. The third-order valence-corrected chi connectivity index (χ3v) is 4.23. The van der Waals surface area contributed by atoms with Crippen molar-refractivity contribution in [2.75, 3.05) is 26.7 Å². The fraction of sp³-hybridized carbons (Fsp3) is 0.588. The largest absolute Gasteiger partial charge is 0.497 e. The molecule has 2 rings (SSSR count). The molecule has 0 radical (unpaired) electrons. The van der Waals surface area contributed by atoms with E-state index < -0.39 is 0 Å². The van der Waals surface area contributed by atoms with Crippen molar-refractivity contribution >= 4 is 5.91 Å². The Bertz CT molecular complexity index is 479. The molecule has 1 heterocycles. The molecule has 1 aromatic rings. The summed E-state index contributed by atoms with van der Waals surface area (Å²) in [4.78, 5) is 14.7. The monoisotopic (exact) mass is 290 g/mol. The van der Waals surface area contributed by atoms with Gasteiger partial charge in [-0.2, -0.15) is 0 Å². The number of hydrogen-bond acceptors (Lipinski definition) is 3. The molecule has 1 aromatic carbocycles. The number of piperidine rings is 1. The molecule has 0 bridgehead atoms. The number of amides is 1. The fourth-order valence-electron chi connectivity index (χ4n) is 2.77. The smallest absolute Gasteiger partial charge is 0.251 e. The summed E-state index contributed by atoms with van der Waals surface area (Å²) in [6.07, 6.45) is 3.84. The lowest BCUT2D eigenvalue weighted by atomic mass is 9.98. The molecule has 4 nitrogen and oxygen atoms in total. The Kier molecular flexibility index (Phi) is 5.23. The lowest BCUT2D eigenvalue weighted by Gasteiger charge is -2.41. The van der Waals surface area contributed by atoms with Crippen molar-refractivity contribution in [2.45, 2.75) is 38.6 Å². The second-order valence-electron chi connectivity index (χ2n) is 6.27. The van der Waals surface area contributed by atoms with Crippen LogP contribution in [0.3, 0.4) is 0 Å². The van der Waals surface area contributed by atoms with Gasteiger partial charge in [-0.15, -0.1) is 0 Å². The summed E-state index contributed by atoms with van der Waals surface area (Å²) in [5, 5.41) is 3.05. The molecule has 1 saturated heterocycles. The van der Waals surface area contributed by atoms with E-state index in [1.807, 2.05) is 18.2 Å². The number of rotatable bonds is 5. The Balaban J connectivity index is 1.93. The molecule has 1 amide bonds.